The average molecular weight is 187 g/mol. The normalized spacial score (nSPS) is 11.9. The minimum absolute atomic E-state index is 0.0521. The first-order valence-electron chi connectivity index (χ1n) is 4.27. The Morgan fingerprint density at radius 3 is 2.38 bits per heavy atom. The first kappa shape index (κ1) is 11.9. The molecule has 13 heavy (non-hydrogen) atoms. The molecule has 0 aliphatic rings. The molecule has 0 aliphatic heterocycles. The van der Waals surface area contributed by atoms with Crippen LogP contribution in [0.2, 0.25) is 0 Å². The Bertz CT molecular complexity index is 182. The second-order valence-corrected chi connectivity index (χ2v) is 2.84. The maximum absolute atomic E-state index is 11.0. The lowest BCUT2D eigenvalue weighted by molar-refractivity contribution is -0.118. The Balaban J connectivity index is 3.56. The third kappa shape index (κ3) is 6.10. The van der Waals surface area contributed by atoms with Gasteiger partial charge in [-0.05, 0) is 20.9 Å². The fourth-order valence-corrected chi connectivity index (χ4v) is 0.650. The third-order valence-corrected chi connectivity index (χ3v) is 1.62. The zero-order valence-electron chi connectivity index (χ0n) is 8.31. The molecule has 1 unspecified atom stereocenters. The van der Waals surface area contributed by atoms with Crippen LogP contribution in [0, 0.1) is 0 Å². The van der Waals surface area contributed by atoms with Gasteiger partial charge in [0.05, 0.1) is 6.04 Å². The van der Waals surface area contributed by atoms with Crippen molar-refractivity contribution in [1.82, 2.24) is 16.0 Å². The molecule has 0 fully saturated rings. The Morgan fingerprint density at radius 2 is 1.92 bits per heavy atom. The highest BCUT2D eigenvalue weighted by Crippen LogP contribution is 1.82. The molecule has 2 amide bonds. The van der Waals surface area contributed by atoms with E-state index in [1.807, 2.05) is 0 Å². The third-order valence-electron chi connectivity index (χ3n) is 1.62. The van der Waals surface area contributed by atoms with Gasteiger partial charge in [-0.3, -0.25) is 4.79 Å². The van der Waals surface area contributed by atoms with Crippen LogP contribution in [0.5, 0.6) is 0 Å². The number of carbonyl (C=O) groups is 2. The van der Waals surface area contributed by atoms with Gasteiger partial charge in [0.1, 0.15) is 0 Å². The molecule has 0 bridgehead atoms. The summed E-state index contributed by atoms with van der Waals surface area (Å²) in [5.74, 6) is -0.0521. The molecule has 0 aromatic carbocycles. The predicted molar refractivity (Wildman–Crippen MR) is 50.6 cm³/mol. The second-order valence-electron chi connectivity index (χ2n) is 2.84. The molecule has 0 aromatic heterocycles. The topological polar surface area (TPSA) is 70.2 Å². The van der Waals surface area contributed by atoms with E-state index in [9.17, 15) is 9.59 Å². The quantitative estimate of drug-likeness (QED) is 0.507. The molecular weight excluding hydrogens is 170 g/mol. The molecule has 1 atom stereocenters. The minimum atomic E-state index is -0.422. The maximum Gasteiger partial charge on any atom is 0.315 e. The van der Waals surface area contributed by atoms with Gasteiger partial charge >= 0.3 is 6.03 Å². The van der Waals surface area contributed by atoms with Crippen LogP contribution in [0.15, 0.2) is 0 Å². The van der Waals surface area contributed by atoms with E-state index in [-0.39, 0.29) is 11.8 Å². The van der Waals surface area contributed by atoms with Crippen molar-refractivity contribution in [3.8, 4) is 0 Å². The van der Waals surface area contributed by atoms with Crippen LogP contribution >= 0.6 is 0 Å². The molecule has 5 nitrogen and oxygen atoms in total. The number of carbonyl (C=O) groups excluding carboxylic acids is 2. The number of hydrogen-bond acceptors (Lipinski definition) is 3. The van der Waals surface area contributed by atoms with Crippen molar-refractivity contribution in [3.05, 3.63) is 0 Å². The molecule has 0 heterocycles. The molecule has 5 heteroatoms. The van der Waals surface area contributed by atoms with E-state index >= 15 is 0 Å². The van der Waals surface area contributed by atoms with Crippen LogP contribution in [0.3, 0.4) is 0 Å². The van der Waals surface area contributed by atoms with Crippen LogP contribution in [0.4, 0.5) is 4.79 Å². The van der Waals surface area contributed by atoms with Crippen molar-refractivity contribution >= 4 is 11.8 Å². The van der Waals surface area contributed by atoms with E-state index < -0.39 is 6.04 Å². The van der Waals surface area contributed by atoms with Crippen molar-refractivity contribution in [1.29, 1.82) is 0 Å². The number of amides is 2. The molecule has 0 rings (SSSR count). The van der Waals surface area contributed by atoms with E-state index in [1.54, 1.807) is 14.0 Å². The largest absolute Gasteiger partial charge is 0.337 e. The average Bonchev–Trinajstić information content (AvgIpc) is 2.04. The van der Waals surface area contributed by atoms with Gasteiger partial charge in [0.25, 0.3) is 0 Å². The zero-order chi connectivity index (χ0) is 10.3. The molecule has 76 valence electrons. The van der Waals surface area contributed by atoms with E-state index in [4.69, 9.17) is 0 Å². The summed E-state index contributed by atoms with van der Waals surface area (Å²) < 4.78 is 0. The SMILES string of the molecule is CNCCNC(=O)NC(C)C(C)=O. The summed E-state index contributed by atoms with van der Waals surface area (Å²) >= 11 is 0. The van der Waals surface area contributed by atoms with Crippen molar-refractivity contribution in [2.75, 3.05) is 20.1 Å². The van der Waals surface area contributed by atoms with Crippen LogP contribution in [0.1, 0.15) is 13.8 Å². The molecular formula is C8H17N3O2. The van der Waals surface area contributed by atoms with Crippen molar-refractivity contribution in [3.63, 3.8) is 0 Å². The highest BCUT2D eigenvalue weighted by Gasteiger charge is 2.09. The Kier molecular flexibility index (Phi) is 5.88. The molecule has 0 aromatic rings. The van der Waals surface area contributed by atoms with Crippen LogP contribution in [0.25, 0.3) is 0 Å². The number of nitrogens with one attached hydrogen (secondary N) is 3. The van der Waals surface area contributed by atoms with Crippen LogP contribution < -0.4 is 16.0 Å². The summed E-state index contributed by atoms with van der Waals surface area (Å²) in [5.41, 5.74) is 0. The predicted octanol–water partition coefficient (Wildman–Crippen LogP) is -0.517. The summed E-state index contributed by atoms with van der Waals surface area (Å²) in [6.45, 7) is 4.35. The number of likely N-dealkylation sites (N-methyl/N-ethyl adjacent to an activating group) is 1. The van der Waals surface area contributed by atoms with E-state index in [0.717, 1.165) is 0 Å². The highest BCUT2D eigenvalue weighted by atomic mass is 16.2. The lowest BCUT2D eigenvalue weighted by Crippen LogP contribution is -2.45. The van der Waals surface area contributed by atoms with Gasteiger partial charge in [-0.15, -0.1) is 0 Å². The number of ketones is 1. The first-order chi connectivity index (χ1) is 6.07. The number of rotatable bonds is 5. The van der Waals surface area contributed by atoms with Gasteiger partial charge in [0.15, 0.2) is 5.78 Å². The van der Waals surface area contributed by atoms with Gasteiger partial charge in [-0.25, -0.2) is 4.79 Å². The Labute approximate surface area is 78.3 Å². The van der Waals surface area contributed by atoms with Gasteiger partial charge in [0, 0.05) is 13.1 Å². The molecule has 3 N–H and O–H groups in total. The van der Waals surface area contributed by atoms with Crippen molar-refractivity contribution in [2.24, 2.45) is 0 Å². The second kappa shape index (κ2) is 6.42. The lowest BCUT2D eigenvalue weighted by atomic mass is 10.2. The molecule has 0 spiro atoms. The fourth-order valence-electron chi connectivity index (χ4n) is 0.650. The number of hydrogen-bond donors (Lipinski definition) is 3. The highest BCUT2D eigenvalue weighted by molar-refractivity contribution is 5.86. The van der Waals surface area contributed by atoms with Gasteiger partial charge < -0.3 is 16.0 Å². The van der Waals surface area contributed by atoms with Gasteiger partial charge in [-0.2, -0.15) is 0 Å². The minimum Gasteiger partial charge on any atom is -0.337 e. The zero-order valence-corrected chi connectivity index (χ0v) is 8.31. The number of urea groups is 1. The van der Waals surface area contributed by atoms with E-state index in [2.05, 4.69) is 16.0 Å². The van der Waals surface area contributed by atoms with E-state index in [0.29, 0.717) is 13.1 Å². The fraction of sp³-hybridized carbons (Fsp3) is 0.750. The summed E-state index contributed by atoms with van der Waals surface area (Å²) in [6.07, 6.45) is 0. The molecule has 0 aliphatic carbocycles. The van der Waals surface area contributed by atoms with Gasteiger partial charge in [-0.1, -0.05) is 0 Å². The molecule has 0 saturated carbocycles. The standard InChI is InChI=1S/C8H17N3O2/c1-6(7(2)12)11-8(13)10-5-4-9-3/h6,9H,4-5H2,1-3H3,(H2,10,11,13). The van der Waals surface area contributed by atoms with Crippen LogP contribution in [-0.4, -0.2) is 38.0 Å². The first-order valence-corrected chi connectivity index (χ1v) is 4.27. The Hall–Kier alpha value is -1.10. The van der Waals surface area contributed by atoms with Crippen molar-refractivity contribution < 1.29 is 9.59 Å². The van der Waals surface area contributed by atoms with Crippen LogP contribution in [-0.2, 0) is 4.79 Å². The molecule has 0 radical (unpaired) electrons. The van der Waals surface area contributed by atoms with Crippen molar-refractivity contribution in [2.45, 2.75) is 19.9 Å². The monoisotopic (exact) mass is 187 g/mol. The number of Topliss-reactive ketones (excluding diaryl/α,β-unsaturated/α-hetero) is 1. The maximum atomic E-state index is 11.0. The summed E-state index contributed by atoms with van der Waals surface area (Å²) in [7, 11) is 1.80. The van der Waals surface area contributed by atoms with Gasteiger partial charge in [0.2, 0.25) is 0 Å². The lowest BCUT2D eigenvalue weighted by Gasteiger charge is -2.11. The summed E-state index contributed by atoms with van der Waals surface area (Å²) in [4.78, 5) is 21.8. The van der Waals surface area contributed by atoms with E-state index in [1.165, 1.54) is 6.92 Å². The molecule has 0 saturated heterocycles. The summed E-state index contributed by atoms with van der Waals surface area (Å²) in [5, 5.41) is 8.01. The Morgan fingerprint density at radius 1 is 1.31 bits per heavy atom. The summed E-state index contributed by atoms with van der Waals surface area (Å²) in [6, 6.07) is -0.729. The smallest absolute Gasteiger partial charge is 0.315 e.